The van der Waals surface area contributed by atoms with Crippen molar-refractivity contribution in [3.8, 4) is 0 Å². The van der Waals surface area contributed by atoms with E-state index in [1.54, 1.807) is 18.2 Å². The number of anilines is 1. The van der Waals surface area contributed by atoms with Gasteiger partial charge in [-0.25, -0.2) is 4.79 Å². The summed E-state index contributed by atoms with van der Waals surface area (Å²) in [4.78, 5) is 29.6. The first-order valence-electron chi connectivity index (χ1n) is 9.62. The third-order valence-electron chi connectivity index (χ3n) is 4.11. The molecule has 0 atom stereocenters. The summed E-state index contributed by atoms with van der Waals surface area (Å²) in [5.74, 6) is 0.365. The lowest BCUT2D eigenvalue weighted by Gasteiger charge is -2.09. The maximum Gasteiger partial charge on any atom is 0.339 e. The zero-order valence-electron chi connectivity index (χ0n) is 16.9. The highest BCUT2D eigenvalue weighted by Crippen LogP contribution is 2.24. The van der Waals surface area contributed by atoms with Gasteiger partial charge in [0.05, 0.1) is 11.3 Å². The van der Waals surface area contributed by atoms with Gasteiger partial charge in [0, 0.05) is 17.0 Å². The average Bonchev–Trinajstić information content (AvgIpc) is 3.20. The van der Waals surface area contributed by atoms with Gasteiger partial charge in [-0.2, -0.15) is 4.98 Å². The van der Waals surface area contributed by atoms with Crippen molar-refractivity contribution >= 4 is 29.3 Å². The predicted octanol–water partition coefficient (Wildman–Crippen LogP) is 4.42. The number of hydrogen-bond acceptors (Lipinski definition) is 7. The summed E-state index contributed by atoms with van der Waals surface area (Å²) in [6.07, 6.45) is 1.61. The van der Waals surface area contributed by atoms with Crippen molar-refractivity contribution in [2.45, 2.75) is 38.2 Å². The number of esters is 1. The Labute approximate surface area is 179 Å². The molecule has 0 spiro atoms. The van der Waals surface area contributed by atoms with E-state index >= 15 is 0 Å². The van der Waals surface area contributed by atoms with E-state index in [1.807, 2.05) is 44.2 Å². The lowest BCUT2D eigenvalue weighted by molar-refractivity contribution is -0.113. The molecule has 1 amide bonds. The van der Waals surface area contributed by atoms with Gasteiger partial charge in [-0.1, -0.05) is 41.9 Å². The highest BCUT2D eigenvalue weighted by molar-refractivity contribution is 8.00. The molecule has 156 valence electrons. The minimum Gasteiger partial charge on any atom is -0.452 e. The second-order valence-corrected chi connectivity index (χ2v) is 7.65. The molecule has 3 rings (SSSR count). The van der Waals surface area contributed by atoms with Crippen molar-refractivity contribution in [2.75, 3.05) is 11.1 Å². The van der Waals surface area contributed by atoms with E-state index in [4.69, 9.17) is 9.26 Å². The summed E-state index contributed by atoms with van der Waals surface area (Å²) < 4.78 is 10.4. The number of amides is 1. The first-order chi connectivity index (χ1) is 14.5. The monoisotopic (exact) mass is 425 g/mol. The maximum atomic E-state index is 12.5. The summed E-state index contributed by atoms with van der Waals surface area (Å²) in [5, 5.41) is 6.68. The van der Waals surface area contributed by atoms with Crippen LogP contribution in [0.25, 0.3) is 0 Å². The number of nitrogens with zero attached hydrogens (tertiary/aromatic N) is 2. The lowest BCUT2D eigenvalue weighted by Crippen LogP contribution is -2.14. The highest BCUT2D eigenvalue weighted by Gasteiger charge is 2.16. The Morgan fingerprint density at radius 1 is 1.13 bits per heavy atom. The van der Waals surface area contributed by atoms with Crippen molar-refractivity contribution in [3.63, 3.8) is 0 Å². The van der Waals surface area contributed by atoms with Crippen LogP contribution < -0.4 is 5.32 Å². The van der Waals surface area contributed by atoms with Crippen LogP contribution in [0.15, 0.2) is 57.9 Å². The number of benzene rings is 2. The molecule has 0 aliphatic carbocycles. The van der Waals surface area contributed by atoms with Crippen LogP contribution in [0.5, 0.6) is 0 Å². The van der Waals surface area contributed by atoms with Crippen molar-refractivity contribution in [3.05, 3.63) is 71.4 Å². The number of aromatic nitrogens is 2. The largest absolute Gasteiger partial charge is 0.452 e. The molecule has 3 aromatic rings. The number of rotatable bonds is 9. The first kappa shape index (κ1) is 21.6. The Balaban J connectivity index is 1.55. The van der Waals surface area contributed by atoms with Gasteiger partial charge in [-0.3, -0.25) is 4.79 Å². The van der Waals surface area contributed by atoms with E-state index in [2.05, 4.69) is 15.5 Å². The molecule has 0 radical (unpaired) electrons. The smallest absolute Gasteiger partial charge is 0.339 e. The van der Waals surface area contributed by atoms with Crippen LogP contribution in [0.3, 0.4) is 0 Å². The van der Waals surface area contributed by atoms with Gasteiger partial charge in [-0.05, 0) is 37.6 Å². The third-order valence-corrected chi connectivity index (χ3v) is 5.19. The van der Waals surface area contributed by atoms with E-state index in [1.165, 1.54) is 11.8 Å². The fourth-order valence-corrected chi connectivity index (χ4v) is 3.46. The van der Waals surface area contributed by atoms with Crippen LogP contribution in [-0.4, -0.2) is 27.8 Å². The second-order valence-electron chi connectivity index (χ2n) is 6.63. The molecule has 2 aromatic carbocycles. The molecule has 1 aromatic heterocycles. The van der Waals surface area contributed by atoms with Crippen LogP contribution >= 0.6 is 11.8 Å². The maximum absolute atomic E-state index is 12.5. The molecule has 8 heteroatoms. The number of ether oxygens (including phenoxy) is 1. The summed E-state index contributed by atoms with van der Waals surface area (Å²) in [7, 11) is 0. The second kappa shape index (κ2) is 10.6. The molecule has 0 fully saturated rings. The predicted molar refractivity (Wildman–Crippen MR) is 114 cm³/mol. The van der Waals surface area contributed by atoms with Gasteiger partial charge in [0.15, 0.2) is 12.4 Å². The van der Waals surface area contributed by atoms with Gasteiger partial charge in [0.2, 0.25) is 5.91 Å². The molecule has 0 unspecified atom stereocenters. The van der Waals surface area contributed by atoms with Crippen molar-refractivity contribution in [2.24, 2.45) is 0 Å². The van der Waals surface area contributed by atoms with Crippen LogP contribution in [-0.2, 0) is 22.6 Å². The summed E-state index contributed by atoms with van der Waals surface area (Å²) in [6.45, 7) is 3.91. The van der Waals surface area contributed by atoms with Crippen LogP contribution in [0.4, 0.5) is 5.69 Å². The number of carbonyl (C=O) groups is 2. The average molecular weight is 426 g/mol. The Morgan fingerprint density at radius 2 is 1.90 bits per heavy atom. The fourth-order valence-electron chi connectivity index (χ4n) is 2.62. The summed E-state index contributed by atoms with van der Waals surface area (Å²) in [5.41, 5.74) is 2.25. The molecular formula is C22H23N3O4S. The van der Waals surface area contributed by atoms with Gasteiger partial charge < -0.3 is 14.6 Å². The number of hydrogen-bond donors (Lipinski definition) is 1. The molecule has 0 saturated carbocycles. The van der Waals surface area contributed by atoms with Crippen molar-refractivity contribution < 1.29 is 18.8 Å². The van der Waals surface area contributed by atoms with Crippen LogP contribution in [0.2, 0.25) is 0 Å². The SMILES string of the molecule is CCCc1noc(COC(=O)c2ccccc2SCC(=O)Nc2ccc(C)cc2)n1. The van der Waals surface area contributed by atoms with Crippen LogP contribution in [0.1, 0.15) is 41.0 Å². The molecule has 7 nitrogen and oxygen atoms in total. The summed E-state index contributed by atoms with van der Waals surface area (Å²) in [6, 6.07) is 14.6. The van der Waals surface area contributed by atoms with E-state index in [0.717, 1.165) is 17.7 Å². The van der Waals surface area contributed by atoms with Gasteiger partial charge in [0.1, 0.15) is 0 Å². The molecule has 0 aliphatic rings. The Morgan fingerprint density at radius 3 is 2.67 bits per heavy atom. The zero-order valence-corrected chi connectivity index (χ0v) is 17.7. The van der Waals surface area contributed by atoms with Gasteiger partial charge >= 0.3 is 5.97 Å². The third kappa shape index (κ3) is 6.18. The number of carbonyl (C=O) groups excluding carboxylic acids is 2. The zero-order chi connectivity index (χ0) is 21.3. The number of thioether (sulfide) groups is 1. The summed E-state index contributed by atoms with van der Waals surface area (Å²) >= 11 is 1.27. The Kier molecular flexibility index (Phi) is 7.62. The minimum absolute atomic E-state index is 0.0948. The topological polar surface area (TPSA) is 94.3 Å². The van der Waals surface area contributed by atoms with E-state index in [0.29, 0.717) is 22.7 Å². The van der Waals surface area contributed by atoms with Gasteiger partial charge in [0.25, 0.3) is 5.89 Å². The number of nitrogens with one attached hydrogen (secondary N) is 1. The highest BCUT2D eigenvalue weighted by atomic mass is 32.2. The van der Waals surface area contributed by atoms with E-state index in [-0.39, 0.29) is 24.2 Å². The first-order valence-corrected chi connectivity index (χ1v) is 10.6. The normalized spacial score (nSPS) is 10.6. The Hall–Kier alpha value is -3.13. The molecule has 1 N–H and O–H groups in total. The van der Waals surface area contributed by atoms with Gasteiger partial charge in [-0.15, -0.1) is 11.8 Å². The molecule has 1 heterocycles. The standard InChI is InChI=1S/C22H23N3O4S/c1-3-6-19-24-21(29-25-19)13-28-22(27)17-7-4-5-8-18(17)30-14-20(26)23-16-11-9-15(2)10-12-16/h4-5,7-12H,3,6,13-14H2,1-2H3,(H,23,26). The number of aryl methyl sites for hydroxylation is 2. The molecular weight excluding hydrogens is 402 g/mol. The van der Waals surface area contributed by atoms with Crippen LogP contribution in [0, 0.1) is 6.92 Å². The molecule has 0 aliphatic heterocycles. The Bertz CT molecular complexity index is 1000. The lowest BCUT2D eigenvalue weighted by atomic mass is 10.2. The molecule has 0 saturated heterocycles. The van der Waals surface area contributed by atoms with E-state index in [9.17, 15) is 9.59 Å². The fraction of sp³-hybridized carbons (Fsp3) is 0.273. The minimum atomic E-state index is -0.507. The van der Waals surface area contributed by atoms with Crippen molar-refractivity contribution in [1.29, 1.82) is 0 Å². The van der Waals surface area contributed by atoms with E-state index < -0.39 is 5.97 Å². The molecule has 30 heavy (non-hydrogen) atoms. The van der Waals surface area contributed by atoms with Crippen molar-refractivity contribution in [1.82, 2.24) is 10.1 Å². The molecule has 0 bridgehead atoms. The quantitative estimate of drug-likeness (QED) is 0.401.